The van der Waals surface area contributed by atoms with Gasteiger partial charge in [0.2, 0.25) is 0 Å². The van der Waals surface area contributed by atoms with Crippen LogP contribution in [0.5, 0.6) is 0 Å². The Balaban J connectivity index is 2.61. The number of halogens is 1. The lowest BCUT2D eigenvalue weighted by molar-refractivity contribution is -0.384. The number of nitrogens with zero attached hydrogens (tertiary/aromatic N) is 4. The van der Waals surface area contributed by atoms with Gasteiger partial charge in [0.25, 0.3) is 5.69 Å². The van der Waals surface area contributed by atoms with Gasteiger partial charge in [-0.2, -0.15) is 0 Å². The fourth-order valence-corrected chi connectivity index (χ4v) is 1.64. The van der Waals surface area contributed by atoms with E-state index in [1.165, 1.54) is 23.0 Å². The van der Waals surface area contributed by atoms with Gasteiger partial charge in [-0.25, -0.2) is 4.68 Å². The van der Waals surface area contributed by atoms with Gasteiger partial charge in [0, 0.05) is 12.6 Å². The minimum atomic E-state index is -0.523. The Morgan fingerprint density at radius 1 is 1.53 bits per heavy atom. The van der Waals surface area contributed by atoms with Crippen molar-refractivity contribution in [3.8, 4) is 5.69 Å². The molecule has 8 heteroatoms. The van der Waals surface area contributed by atoms with Crippen molar-refractivity contribution in [1.29, 1.82) is 0 Å². The molecule has 1 aromatic carbocycles. The average Bonchev–Trinajstić information content (AvgIpc) is 2.76. The highest BCUT2D eigenvalue weighted by atomic mass is 35.5. The van der Waals surface area contributed by atoms with Crippen LogP contribution in [0.15, 0.2) is 24.4 Å². The third-order valence-corrected chi connectivity index (χ3v) is 2.45. The maximum Gasteiger partial charge on any atom is 0.296 e. The number of benzene rings is 1. The highest BCUT2D eigenvalue weighted by Gasteiger charge is 2.19. The van der Waals surface area contributed by atoms with E-state index >= 15 is 0 Å². The summed E-state index contributed by atoms with van der Waals surface area (Å²) < 4.78 is 1.25. The summed E-state index contributed by atoms with van der Waals surface area (Å²) in [5.74, 6) is 0. The van der Waals surface area contributed by atoms with E-state index in [2.05, 4.69) is 10.3 Å². The number of aromatic nitrogens is 3. The highest BCUT2D eigenvalue weighted by Crippen LogP contribution is 2.29. The van der Waals surface area contributed by atoms with Crippen molar-refractivity contribution in [3.05, 3.63) is 45.2 Å². The molecular formula is C9H8ClN5O2. The molecule has 0 saturated carbocycles. The molecule has 0 aliphatic carbocycles. The van der Waals surface area contributed by atoms with Gasteiger partial charge in [0.05, 0.1) is 21.8 Å². The van der Waals surface area contributed by atoms with Crippen molar-refractivity contribution in [1.82, 2.24) is 15.0 Å². The maximum atomic E-state index is 10.9. The Labute approximate surface area is 101 Å². The first-order valence-electron chi connectivity index (χ1n) is 4.68. The maximum absolute atomic E-state index is 10.9. The predicted octanol–water partition coefficient (Wildman–Crippen LogP) is 1.29. The van der Waals surface area contributed by atoms with Crippen molar-refractivity contribution in [2.75, 3.05) is 0 Å². The SMILES string of the molecule is NCc1cn(-c2c(Cl)cccc2[N+](=O)[O-])nn1. The first-order valence-corrected chi connectivity index (χ1v) is 5.06. The van der Waals surface area contributed by atoms with Gasteiger partial charge in [-0.05, 0) is 6.07 Å². The molecule has 0 aliphatic heterocycles. The smallest absolute Gasteiger partial charge is 0.296 e. The van der Waals surface area contributed by atoms with Crippen LogP contribution < -0.4 is 5.73 Å². The van der Waals surface area contributed by atoms with E-state index in [4.69, 9.17) is 17.3 Å². The molecule has 0 unspecified atom stereocenters. The van der Waals surface area contributed by atoms with Gasteiger partial charge in [0.1, 0.15) is 0 Å². The molecule has 2 aromatic rings. The normalized spacial score (nSPS) is 10.5. The van der Waals surface area contributed by atoms with Crippen molar-refractivity contribution < 1.29 is 4.92 Å². The van der Waals surface area contributed by atoms with Crippen LogP contribution in [0, 0.1) is 10.1 Å². The van der Waals surface area contributed by atoms with Gasteiger partial charge in [0.15, 0.2) is 5.69 Å². The van der Waals surface area contributed by atoms with Crippen LogP contribution in [0.4, 0.5) is 5.69 Å². The lowest BCUT2D eigenvalue weighted by Gasteiger charge is -2.03. The highest BCUT2D eigenvalue weighted by molar-refractivity contribution is 6.32. The van der Waals surface area contributed by atoms with Gasteiger partial charge in [-0.3, -0.25) is 10.1 Å². The van der Waals surface area contributed by atoms with E-state index in [9.17, 15) is 10.1 Å². The summed E-state index contributed by atoms with van der Waals surface area (Å²) in [4.78, 5) is 10.4. The lowest BCUT2D eigenvalue weighted by Crippen LogP contribution is -2.01. The standard InChI is InChI=1S/C9H8ClN5O2/c10-7-2-1-3-8(15(16)17)9(7)14-5-6(4-11)12-13-14/h1-3,5H,4,11H2. The largest absolute Gasteiger partial charge is 0.325 e. The quantitative estimate of drug-likeness (QED) is 0.656. The zero-order valence-electron chi connectivity index (χ0n) is 8.58. The third kappa shape index (κ3) is 2.10. The summed E-state index contributed by atoms with van der Waals surface area (Å²) >= 11 is 5.94. The number of rotatable bonds is 3. The van der Waals surface area contributed by atoms with Gasteiger partial charge >= 0.3 is 0 Å². The number of nitro groups is 1. The van der Waals surface area contributed by atoms with E-state index < -0.39 is 4.92 Å². The second-order valence-electron chi connectivity index (χ2n) is 3.22. The first kappa shape index (κ1) is 11.5. The van der Waals surface area contributed by atoms with Crippen molar-refractivity contribution in [3.63, 3.8) is 0 Å². The Morgan fingerprint density at radius 3 is 2.88 bits per heavy atom. The van der Waals surface area contributed by atoms with Crippen LogP contribution in [0.1, 0.15) is 5.69 Å². The van der Waals surface area contributed by atoms with E-state index in [0.717, 1.165) is 0 Å². The summed E-state index contributed by atoms with van der Waals surface area (Å²) in [6.07, 6.45) is 1.51. The number of hydrogen-bond acceptors (Lipinski definition) is 5. The second kappa shape index (κ2) is 4.48. The summed E-state index contributed by atoms with van der Waals surface area (Å²) in [5.41, 5.74) is 5.97. The van der Waals surface area contributed by atoms with Gasteiger partial charge in [-0.15, -0.1) is 5.10 Å². The summed E-state index contributed by atoms with van der Waals surface area (Å²) in [6.45, 7) is 0.207. The molecule has 1 aromatic heterocycles. The molecule has 0 saturated heterocycles. The van der Waals surface area contributed by atoms with Crippen LogP contribution >= 0.6 is 11.6 Å². The van der Waals surface area contributed by atoms with Crippen LogP contribution in [0.3, 0.4) is 0 Å². The van der Waals surface area contributed by atoms with E-state index in [0.29, 0.717) is 5.69 Å². The number of para-hydroxylation sites is 1. The fourth-order valence-electron chi connectivity index (χ4n) is 1.38. The second-order valence-corrected chi connectivity index (χ2v) is 3.63. The van der Waals surface area contributed by atoms with Crippen LogP contribution in [-0.4, -0.2) is 19.9 Å². The molecule has 0 bridgehead atoms. The zero-order chi connectivity index (χ0) is 12.4. The first-order chi connectivity index (χ1) is 8.13. The number of hydrogen-bond donors (Lipinski definition) is 1. The summed E-state index contributed by atoms with van der Waals surface area (Å²) in [5, 5.41) is 18.6. The topological polar surface area (TPSA) is 99.9 Å². The van der Waals surface area contributed by atoms with Crippen molar-refractivity contribution >= 4 is 17.3 Å². The van der Waals surface area contributed by atoms with Gasteiger partial charge < -0.3 is 5.73 Å². The van der Waals surface area contributed by atoms with E-state index in [1.807, 2.05) is 0 Å². The van der Waals surface area contributed by atoms with Crippen LogP contribution in [0.25, 0.3) is 5.69 Å². The molecule has 0 atom stereocenters. The molecule has 17 heavy (non-hydrogen) atoms. The van der Waals surface area contributed by atoms with Gasteiger partial charge in [-0.1, -0.05) is 22.9 Å². The molecule has 0 spiro atoms. The van der Waals surface area contributed by atoms with Crippen LogP contribution in [0.2, 0.25) is 5.02 Å². The van der Waals surface area contributed by atoms with Crippen molar-refractivity contribution in [2.45, 2.75) is 6.54 Å². The fraction of sp³-hybridized carbons (Fsp3) is 0.111. The zero-order valence-corrected chi connectivity index (χ0v) is 9.33. The Morgan fingerprint density at radius 2 is 2.29 bits per heavy atom. The Kier molecular flexibility index (Phi) is 3.03. The molecule has 0 amide bonds. The van der Waals surface area contributed by atoms with Crippen molar-refractivity contribution in [2.24, 2.45) is 5.73 Å². The minimum absolute atomic E-state index is 0.133. The summed E-state index contributed by atoms with van der Waals surface area (Å²) in [6, 6.07) is 4.41. The monoisotopic (exact) mass is 253 g/mol. The lowest BCUT2D eigenvalue weighted by atomic mass is 10.2. The average molecular weight is 254 g/mol. The molecule has 2 N–H and O–H groups in total. The molecule has 0 fully saturated rings. The Bertz CT molecular complexity index is 568. The Hall–Kier alpha value is -1.99. The number of nitro benzene ring substituents is 1. The number of nitrogens with two attached hydrogens (primary N) is 1. The summed E-state index contributed by atoms with van der Waals surface area (Å²) in [7, 11) is 0. The molecular weight excluding hydrogens is 246 g/mol. The molecule has 0 aliphatic rings. The third-order valence-electron chi connectivity index (χ3n) is 2.14. The molecule has 7 nitrogen and oxygen atoms in total. The molecule has 2 rings (SSSR count). The molecule has 0 radical (unpaired) electrons. The minimum Gasteiger partial charge on any atom is -0.325 e. The predicted molar refractivity (Wildman–Crippen MR) is 60.9 cm³/mol. The molecule has 1 heterocycles. The molecule has 88 valence electrons. The van der Waals surface area contributed by atoms with Crippen LogP contribution in [-0.2, 0) is 6.54 Å². The van der Waals surface area contributed by atoms with E-state index in [1.54, 1.807) is 6.07 Å². The van der Waals surface area contributed by atoms with E-state index in [-0.39, 0.29) is 22.9 Å².